The summed E-state index contributed by atoms with van der Waals surface area (Å²) in [5, 5.41) is 8.62. The number of hydrogen-bond acceptors (Lipinski definition) is 4. The van der Waals surface area contributed by atoms with Crippen LogP contribution in [0.1, 0.15) is 5.76 Å². The van der Waals surface area contributed by atoms with Gasteiger partial charge in [-0.15, -0.1) is 0 Å². The number of hydrogen-bond donors (Lipinski definition) is 0. The van der Waals surface area contributed by atoms with Crippen LogP contribution in [0.25, 0.3) is 6.08 Å². The Bertz CT molecular complexity index is 414. The molecule has 0 saturated carbocycles. The van der Waals surface area contributed by atoms with Gasteiger partial charge in [-0.1, -0.05) is 0 Å². The number of rotatable bonds is 2. The summed E-state index contributed by atoms with van der Waals surface area (Å²) in [7, 11) is 1.21. The van der Waals surface area contributed by atoms with Gasteiger partial charge in [-0.25, -0.2) is 4.79 Å². The molecule has 0 aliphatic rings. The number of esters is 1. The third kappa shape index (κ3) is 2.47. The van der Waals surface area contributed by atoms with Crippen molar-refractivity contribution < 1.29 is 13.9 Å². The quantitative estimate of drug-likeness (QED) is 0.462. The molecule has 14 heavy (non-hydrogen) atoms. The fourth-order valence-corrected chi connectivity index (χ4v) is 1.11. The average molecular weight is 256 g/mol. The average Bonchev–Trinajstić information content (AvgIpc) is 2.59. The van der Waals surface area contributed by atoms with Crippen LogP contribution in [0.3, 0.4) is 0 Å². The van der Waals surface area contributed by atoms with Crippen molar-refractivity contribution in [3.05, 3.63) is 28.1 Å². The Balaban J connectivity index is 2.96. The summed E-state index contributed by atoms with van der Waals surface area (Å²) in [5.74, 6) is -0.265. The highest BCUT2D eigenvalue weighted by Crippen LogP contribution is 2.16. The smallest absolute Gasteiger partial charge is 0.348 e. The van der Waals surface area contributed by atoms with Gasteiger partial charge >= 0.3 is 5.97 Å². The Labute approximate surface area is 88.9 Å². The van der Waals surface area contributed by atoms with Gasteiger partial charge in [-0.3, -0.25) is 0 Å². The summed E-state index contributed by atoms with van der Waals surface area (Å²) in [5.41, 5.74) is -0.102. The lowest BCUT2D eigenvalue weighted by atomic mass is 10.2. The van der Waals surface area contributed by atoms with E-state index in [1.165, 1.54) is 13.2 Å². The molecule has 0 aliphatic carbocycles. The lowest BCUT2D eigenvalue weighted by Crippen LogP contribution is -2.02. The van der Waals surface area contributed by atoms with Crippen LogP contribution in [0.2, 0.25) is 0 Å². The second-order valence-electron chi connectivity index (χ2n) is 2.30. The van der Waals surface area contributed by atoms with E-state index in [2.05, 4.69) is 20.7 Å². The van der Waals surface area contributed by atoms with E-state index in [1.807, 2.05) is 0 Å². The third-order valence-corrected chi connectivity index (χ3v) is 1.83. The van der Waals surface area contributed by atoms with E-state index in [-0.39, 0.29) is 5.57 Å². The molecule has 0 radical (unpaired) electrons. The maximum atomic E-state index is 11.0. The first-order valence-corrected chi connectivity index (χ1v) is 4.42. The summed E-state index contributed by atoms with van der Waals surface area (Å²) >= 11 is 3.10. The minimum atomic E-state index is -0.681. The van der Waals surface area contributed by atoms with Crippen molar-refractivity contribution in [1.82, 2.24) is 0 Å². The molecule has 1 heterocycles. The van der Waals surface area contributed by atoms with Crippen molar-refractivity contribution in [3.63, 3.8) is 0 Å². The molecule has 0 amide bonds. The number of carbonyl (C=O) groups excluding carboxylic acids is 1. The zero-order chi connectivity index (χ0) is 10.6. The molecule has 0 saturated heterocycles. The topological polar surface area (TPSA) is 63.2 Å². The normalized spacial score (nSPS) is 10.8. The number of nitrogens with zero attached hydrogens (tertiary/aromatic N) is 1. The highest BCUT2D eigenvalue weighted by atomic mass is 79.9. The van der Waals surface area contributed by atoms with Crippen LogP contribution in [-0.4, -0.2) is 13.1 Å². The summed E-state index contributed by atoms with van der Waals surface area (Å²) in [6.45, 7) is 0. The maximum Gasteiger partial charge on any atom is 0.348 e. The lowest BCUT2D eigenvalue weighted by molar-refractivity contribution is -0.135. The molecule has 0 spiro atoms. The van der Waals surface area contributed by atoms with Crippen molar-refractivity contribution in [2.45, 2.75) is 0 Å². The predicted octanol–water partition coefficient (Wildman–Crippen LogP) is 2.12. The molecular formula is C9H6BrNO3. The van der Waals surface area contributed by atoms with Gasteiger partial charge in [0.25, 0.3) is 0 Å². The first-order chi connectivity index (χ1) is 6.67. The van der Waals surface area contributed by atoms with Gasteiger partial charge in [0.1, 0.15) is 17.4 Å². The Hall–Kier alpha value is -1.54. The fourth-order valence-electron chi connectivity index (χ4n) is 0.795. The number of nitriles is 1. The van der Waals surface area contributed by atoms with Crippen LogP contribution in [0.4, 0.5) is 0 Å². The van der Waals surface area contributed by atoms with Crippen molar-refractivity contribution in [3.8, 4) is 6.07 Å². The van der Waals surface area contributed by atoms with E-state index in [9.17, 15) is 4.79 Å². The largest absolute Gasteiger partial charge is 0.465 e. The van der Waals surface area contributed by atoms with Gasteiger partial charge in [0.05, 0.1) is 7.11 Å². The molecule has 1 rings (SSSR count). The molecule has 5 heteroatoms. The van der Waals surface area contributed by atoms with Crippen molar-refractivity contribution in [1.29, 1.82) is 5.26 Å². The van der Waals surface area contributed by atoms with E-state index in [0.717, 1.165) is 0 Å². The maximum absolute atomic E-state index is 11.0. The predicted molar refractivity (Wildman–Crippen MR) is 52.0 cm³/mol. The van der Waals surface area contributed by atoms with Gasteiger partial charge in [0, 0.05) is 6.08 Å². The Morgan fingerprint density at radius 2 is 2.43 bits per heavy atom. The zero-order valence-corrected chi connectivity index (χ0v) is 8.87. The molecule has 1 aromatic rings. The van der Waals surface area contributed by atoms with Crippen LogP contribution in [0.5, 0.6) is 0 Å². The van der Waals surface area contributed by atoms with Crippen molar-refractivity contribution in [2.75, 3.05) is 7.11 Å². The van der Waals surface area contributed by atoms with E-state index in [4.69, 9.17) is 9.68 Å². The summed E-state index contributed by atoms with van der Waals surface area (Å²) in [6.07, 6.45) is 1.32. The van der Waals surface area contributed by atoms with Crippen LogP contribution in [0, 0.1) is 11.3 Å². The number of carbonyl (C=O) groups is 1. The Morgan fingerprint density at radius 3 is 2.86 bits per heavy atom. The number of ether oxygens (including phenoxy) is 1. The first-order valence-electron chi connectivity index (χ1n) is 3.63. The van der Waals surface area contributed by atoms with Crippen LogP contribution >= 0.6 is 15.9 Å². The van der Waals surface area contributed by atoms with E-state index < -0.39 is 5.97 Å². The van der Waals surface area contributed by atoms with Crippen molar-refractivity contribution in [2.24, 2.45) is 0 Å². The molecule has 0 N–H and O–H groups in total. The summed E-state index contributed by atoms with van der Waals surface area (Å²) in [6, 6.07) is 5.02. The van der Waals surface area contributed by atoms with Gasteiger partial charge in [-0.2, -0.15) is 5.26 Å². The van der Waals surface area contributed by atoms with E-state index in [0.29, 0.717) is 10.4 Å². The van der Waals surface area contributed by atoms with Crippen molar-refractivity contribution >= 4 is 28.0 Å². The molecule has 1 aromatic heterocycles. The molecular weight excluding hydrogens is 250 g/mol. The van der Waals surface area contributed by atoms with Crippen LogP contribution in [0.15, 0.2) is 26.8 Å². The van der Waals surface area contributed by atoms with Gasteiger partial charge in [-0.05, 0) is 28.1 Å². The van der Waals surface area contributed by atoms with Gasteiger partial charge < -0.3 is 9.15 Å². The van der Waals surface area contributed by atoms with Gasteiger partial charge in [0.2, 0.25) is 0 Å². The molecule has 72 valence electrons. The Morgan fingerprint density at radius 1 is 1.71 bits per heavy atom. The zero-order valence-electron chi connectivity index (χ0n) is 7.28. The number of methoxy groups -OCH3 is 1. The Kier molecular flexibility index (Phi) is 3.48. The molecule has 0 aliphatic heterocycles. The highest BCUT2D eigenvalue weighted by Gasteiger charge is 2.09. The molecule has 0 aromatic carbocycles. The minimum Gasteiger partial charge on any atom is -0.465 e. The molecule has 4 nitrogen and oxygen atoms in total. The molecule has 0 fully saturated rings. The molecule has 0 atom stereocenters. The number of halogens is 1. The second kappa shape index (κ2) is 4.63. The minimum absolute atomic E-state index is 0.102. The van der Waals surface area contributed by atoms with E-state index in [1.54, 1.807) is 18.2 Å². The monoisotopic (exact) mass is 255 g/mol. The second-order valence-corrected chi connectivity index (χ2v) is 3.08. The standard InChI is InChI=1S/C9H6BrNO3/c1-13-9(12)6(5-11)4-7-2-3-8(10)14-7/h2-4H,1H3/b6-4-. The lowest BCUT2D eigenvalue weighted by Gasteiger charge is -1.93. The summed E-state index contributed by atoms with van der Waals surface area (Å²) < 4.78 is 10.0. The number of furan rings is 1. The molecule has 0 unspecified atom stereocenters. The van der Waals surface area contributed by atoms with Crippen LogP contribution in [-0.2, 0) is 9.53 Å². The SMILES string of the molecule is COC(=O)/C(C#N)=C\c1ccc(Br)o1. The fraction of sp³-hybridized carbons (Fsp3) is 0.111. The van der Waals surface area contributed by atoms with E-state index >= 15 is 0 Å². The van der Waals surface area contributed by atoms with Crippen LogP contribution < -0.4 is 0 Å². The first kappa shape index (κ1) is 10.5. The summed E-state index contributed by atoms with van der Waals surface area (Å²) in [4.78, 5) is 11.0. The highest BCUT2D eigenvalue weighted by molar-refractivity contribution is 9.10. The molecule has 0 bridgehead atoms. The third-order valence-electron chi connectivity index (χ3n) is 1.41. The van der Waals surface area contributed by atoms with Gasteiger partial charge in [0.15, 0.2) is 4.67 Å².